The molecule has 0 aromatic heterocycles. The maximum absolute atomic E-state index is 5.85. The highest BCUT2D eigenvalue weighted by atomic mass is 16.5. The first-order valence-corrected chi connectivity index (χ1v) is 5.81. The zero-order valence-corrected chi connectivity index (χ0v) is 9.54. The van der Waals surface area contributed by atoms with E-state index >= 15 is 0 Å². The molecule has 0 radical (unpaired) electrons. The lowest BCUT2D eigenvalue weighted by atomic mass is 9.97. The van der Waals surface area contributed by atoms with Gasteiger partial charge in [-0.1, -0.05) is 20.3 Å². The van der Waals surface area contributed by atoms with E-state index in [0.29, 0.717) is 12.0 Å². The third kappa shape index (κ3) is 3.23. The van der Waals surface area contributed by atoms with Crippen LogP contribution in [0.5, 0.6) is 0 Å². The number of ether oxygens (including phenoxy) is 1. The molecule has 0 spiro atoms. The fraction of sp³-hybridized carbons (Fsp3) is 1.00. The van der Waals surface area contributed by atoms with Crippen LogP contribution in [0.25, 0.3) is 0 Å². The average molecular weight is 200 g/mol. The van der Waals surface area contributed by atoms with E-state index in [-0.39, 0.29) is 0 Å². The number of hydrogen-bond donors (Lipinski definition) is 1. The van der Waals surface area contributed by atoms with Crippen LogP contribution in [0.15, 0.2) is 0 Å². The van der Waals surface area contributed by atoms with Crippen molar-refractivity contribution in [3.63, 3.8) is 0 Å². The van der Waals surface area contributed by atoms with Crippen molar-refractivity contribution in [1.29, 1.82) is 0 Å². The Labute approximate surface area is 87.6 Å². The topological polar surface area (TPSA) is 38.5 Å². The molecule has 3 nitrogen and oxygen atoms in total. The maximum Gasteiger partial charge on any atom is 0.0593 e. The fourth-order valence-electron chi connectivity index (χ4n) is 2.11. The second-order valence-corrected chi connectivity index (χ2v) is 4.19. The molecule has 0 amide bonds. The zero-order valence-electron chi connectivity index (χ0n) is 9.54. The predicted molar refractivity (Wildman–Crippen MR) is 59.3 cm³/mol. The molecule has 1 saturated heterocycles. The first-order valence-electron chi connectivity index (χ1n) is 5.81. The highest BCUT2D eigenvalue weighted by Crippen LogP contribution is 2.15. The lowest BCUT2D eigenvalue weighted by Crippen LogP contribution is -2.45. The van der Waals surface area contributed by atoms with Gasteiger partial charge in [-0.15, -0.1) is 0 Å². The largest absolute Gasteiger partial charge is 0.380 e. The van der Waals surface area contributed by atoms with Gasteiger partial charge in [0.1, 0.15) is 0 Å². The number of nitrogens with zero attached hydrogens (tertiary/aromatic N) is 1. The molecule has 14 heavy (non-hydrogen) atoms. The molecule has 1 rings (SSSR count). The maximum atomic E-state index is 5.85. The van der Waals surface area contributed by atoms with Crippen LogP contribution >= 0.6 is 0 Å². The van der Waals surface area contributed by atoms with Crippen molar-refractivity contribution in [3.8, 4) is 0 Å². The van der Waals surface area contributed by atoms with Crippen LogP contribution in [0, 0.1) is 5.92 Å². The minimum atomic E-state index is 0.543. The van der Waals surface area contributed by atoms with E-state index in [1.54, 1.807) is 0 Å². The van der Waals surface area contributed by atoms with E-state index in [0.717, 1.165) is 39.3 Å². The Morgan fingerprint density at radius 1 is 1.36 bits per heavy atom. The van der Waals surface area contributed by atoms with Gasteiger partial charge in [-0.3, -0.25) is 4.90 Å². The van der Waals surface area contributed by atoms with Crippen LogP contribution in [-0.2, 0) is 4.74 Å². The molecular formula is C11H24N2O. The molecule has 1 aliphatic rings. The lowest BCUT2D eigenvalue weighted by Gasteiger charge is -2.33. The van der Waals surface area contributed by atoms with Gasteiger partial charge in [0.2, 0.25) is 0 Å². The van der Waals surface area contributed by atoms with Gasteiger partial charge in [0.05, 0.1) is 6.61 Å². The highest BCUT2D eigenvalue weighted by Gasteiger charge is 2.22. The van der Waals surface area contributed by atoms with Gasteiger partial charge in [0.15, 0.2) is 0 Å². The van der Waals surface area contributed by atoms with Gasteiger partial charge >= 0.3 is 0 Å². The van der Waals surface area contributed by atoms with Crippen molar-refractivity contribution in [1.82, 2.24) is 4.90 Å². The van der Waals surface area contributed by atoms with E-state index in [1.807, 2.05) is 0 Å². The fourth-order valence-corrected chi connectivity index (χ4v) is 2.11. The van der Waals surface area contributed by atoms with Gasteiger partial charge in [-0.25, -0.2) is 0 Å². The molecule has 3 heteroatoms. The Morgan fingerprint density at radius 2 is 2.14 bits per heavy atom. The highest BCUT2D eigenvalue weighted by molar-refractivity contribution is 4.78. The first-order chi connectivity index (χ1) is 6.79. The van der Waals surface area contributed by atoms with E-state index in [9.17, 15) is 0 Å². The number of hydrogen-bond acceptors (Lipinski definition) is 3. The van der Waals surface area contributed by atoms with Crippen molar-refractivity contribution in [3.05, 3.63) is 0 Å². The van der Waals surface area contributed by atoms with Crippen molar-refractivity contribution in [2.45, 2.75) is 32.7 Å². The van der Waals surface area contributed by atoms with Gasteiger partial charge in [0, 0.05) is 32.3 Å². The Bertz CT molecular complexity index is 144. The second kappa shape index (κ2) is 6.38. The lowest BCUT2D eigenvalue weighted by molar-refractivity contribution is 0.118. The summed E-state index contributed by atoms with van der Waals surface area (Å²) in [4.78, 5) is 2.50. The molecule has 2 atom stereocenters. The summed E-state index contributed by atoms with van der Waals surface area (Å²) < 4.78 is 5.45. The zero-order chi connectivity index (χ0) is 10.4. The summed E-state index contributed by atoms with van der Waals surface area (Å²) in [6.45, 7) is 9.28. The molecule has 1 heterocycles. The van der Waals surface area contributed by atoms with Crippen molar-refractivity contribution in [2.75, 3.05) is 32.8 Å². The quantitative estimate of drug-likeness (QED) is 0.738. The molecule has 2 N–H and O–H groups in total. The Hall–Kier alpha value is -0.120. The first kappa shape index (κ1) is 12.0. The number of nitrogens with two attached hydrogens (primary N) is 1. The van der Waals surface area contributed by atoms with Gasteiger partial charge in [-0.05, 0) is 12.3 Å². The SMILES string of the molecule is CCC(C)C(CN)N1CCCOCC1. The van der Waals surface area contributed by atoms with Crippen LogP contribution in [0.4, 0.5) is 0 Å². The van der Waals surface area contributed by atoms with Crippen LogP contribution in [0.1, 0.15) is 26.7 Å². The summed E-state index contributed by atoms with van der Waals surface area (Å²) in [6, 6.07) is 0.543. The summed E-state index contributed by atoms with van der Waals surface area (Å²) in [5, 5.41) is 0. The standard InChI is InChI=1S/C11H24N2O/c1-3-10(2)11(9-12)13-5-4-7-14-8-6-13/h10-11H,3-9,12H2,1-2H3. The summed E-state index contributed by atoms with van der Waals surface area (Å²) in [5.41, 5.74) is 5.85. The third-order valence-electron chi connectivity index (χ3n) is 3.27. The average Bonchev–Trinajstić information content (AvgIpc) is 2.47. The van der Waals surface area contributed by atoms with E-state index < -0.39 is 0 Å². The normalized spacial score (nSPS) is 24.2. The molecule has 1 fully saturated rings. The molecule has 84 valence electrons. The molecule has 2 unspecified atom stereocenters. The smallest absolute Gasteiger partial charge is 0.0593 e. The molecule has 0 bridgehead atoms. The minimum absolute atomic E-state index is 0.543. The third-order valence-corrected chi connectivity index (χ3v) is 3.27. The predicted octanol–water partition coefficient (Wildman–Crippen LogP) is 1.08. The Morgan fingerprint density at radius 3 is 2.79 bits per heavy atom. The summed E-state index contributed by atoms with van der Waals surface area (Å²) in [6.07, 6.45) is 2.35. The van der Waals surface area contributed by atoms with Crippen LogP contribution in [0.2, 0.25) is 0 Å². The molecule has 1 aliphatic heterocycles. The molecule has 0 aromatic carbocycles. The van der Waals surface area contributed by atoms with Crippen molar-refractivity contribution >= 4 is 0 Å². The van der Waals surface area contributed by atoms with E-state index in [2.05, 4.69) is 18.7 Å². The number of rotatable bonds is 4. The molecular weight excluding hydrogens is 176 g/mol. The molecule has 0 saturated carbocycles. The summed E-state index contributed by atoms with van der Waals surface area (Å²) >= 11 is 0. The van der Waals surface area contributed by atoms with Crippen LogP contribution in [-0.4, -0.2) is 43.8 Å². The Balaban J connectivity index is 2.48. The van der Waals surface area contributed by atoms with Gasteiger partial charge in [-0.2, -0.15) is 0 Å². The summed E-state index contributed by atoms with van der Waals surface area (Å²) in [7, 11) is 0. The molecule has 0 aromatic rings. The van der Waals surface area contributed by atoms with Crippen molar-refractivity contribution in [2.24, 2.45) is 11.7 Å². The second-order valence-electron chi connectivity index (χ2n) is 4.19. The van der Waals surface area contributed by atoms with Gasteiger partial charge < -0.3 is 10.5 Å². The van der Waals surface area contributed by atoms with Crippen LogP contribution in [0.3, 0.4) is 0 Å². The van der Waals surface area contributed by atoms with Gasteiger partial charge in [0.25, 0.3) is 0 Å². The summed E-state index contributed by atoms with van der Waals surface area (Å²) in [5.74, 6) is 0.693. The Kier molecular flexibility index (Phi) is 5.45. The van der Waals surface area contributed by atoms with Crippen LogP contribution < -0.4 is 5.73 Å². The monoisotopic (exact) mass is 200 g/mol. The van der Waals surface area contributed by atoms with Crippen molar-refractivity contribution < 1.29 is 4.74 Å². The minimum Gasteiger partial charge on any atom is -0.380 e. The van der Waals surface area contributed by atoms with E-state index in [4.69, 9.17) is 10.5 Å². The van der Waals surface area contributed by atoms with E-state index in [1.165, 1.54) is 6.42 Å². The molecule has 0 aliphatic carbocycles.